The van der Waals surface area contributed by atoms with E-state index in [0.29, 0.717) is 0 Å². The molecular formula is C11H17N3O7P+. The third-order valence-corrected chi connectivity index (χ3v) is 3.73. The van der Waals surface area contributed by atoms with E-state index in [1.165, 1.54) is 26.3 Å². The van der Waals surface area contributed by atoms with Crippen LogP contribution in [-0.4, -0.2) is 51.1 Å². The highest BCUT2D eigenvalue weighted by Crippen LogP contribution is 2.38. The second-order valence-corrected chi connectivity index (χ2v) is 5.47. The second kappa shape index (κ2) is 6.78. The number of rotatable bonds is 5. The van der Waals surface area contributed by atoms with Gasteiger partial charge in [0.05, 0.1) is 6.10 Å². The van der Waals surface area contributed by atoms with Crippen LogP contribution in [-0.2, 0) is 18.6 Å². The number of aromatic nitrogens is 2. The van der Waals surface area contributed by atoms with Crippen LogP contribution in [0.4, 0.5) is 5.82 Å². The summed E-state index contributed by atoms with van der Waals surface area (Å²) in [6.07, 6.45) is -3.51. The third kappa shape index (κ3) is 3.32. The van der Waals surface area contributed by atoms with Crippen LogP contribution in [0.3, 0.4) is 0 Å². The van der Waals surface area contributed by atoms with E-state index in [4.69, 9.17) is 24.6 Å². The van der Waals surface area contributed by atoms with Crippen molar-refractivity contribution in [2.75, 3.05) is 12.8 Å². The molecule has 11 heteroatoms. The lowest BCUT2D eigenvalue weighted by molar-refractivity contribution is -0.0816. The zero-order valence-corrected chi connectivity index (χ0v) is 12.8. The Morgan fingerprint density at radius 3 is 2.73 bits per heavy atom. The molecule has 1 aromatic heterocycles. The predicted octanol–water partition coefficient (Wildman–Crippen LogP) is -0.846. The van der Waals surface area contributed by atoms with E-state index in [9.17, 15) is 14.5 Å². The van der Waals surface area contributed by atoms with Gasteiger partial charge in [-0.25, -0.2) is 4.79 Å². The highest BCUT2D eigenvalue weighted by atomic mass is 31.1. The minimum atomic E-state index is -2.94. The third-order valence-electron chi connectivity index (χ3n) is 3.31. The molecule has 1 aliphatic rings. The molecule has 1 aliphatic heterocycles. The number of nitrogen functional groups attached to an aromatic ring is 1. The average Bonchev–Trinajstić information content (AvgIpc) is 2.76. The monoisotopic (exact) mass is 334 g/mol. The first-order chi connectivity index (χ1) is 10.3. The Bertz CT molecular complexity index is 608. The summed E-state index contributed by atoms with van der Waals surface area (Å²) < 4.78 is 27.8. The van der Waals surface area contributed by atoms with Crippen LogP contribution in [0.25, 0.3) is 0 Å². The van der Waals surface area contributed by atoms with Gasteiger partial charge in [0.1, 0.15) is 18.0 Å². The molecule has 22 heavy (non-hydrogen) atoms. The molecule has 10 nitrogen and oxygen atoms in total. The van der Waals surface area contributed by atoms with Gasteiger partial charge >= 0.3 is 13.9 Å². The predicted molar refractivity (Wildman–Crippen MR) is 74.0 cm³/mol. The molecule has 0 bridgehead atoms. The van der Waals surface area contributed by atoms with E-state index in [2.05, 4.69) is 4.98 Å². The van der Waals surface area contributed by atoms with Gasteiger partial charge in [-0.3, -0.25) is 4.57 Å². The number of anilines is 1. The molecular weight excluding hydrogens is 317 g/mol. The molecule has 2 rings (SSSR count). The Morgan fingerprint density at radius 2 is 2.23 bits per heavy atom. The molecule has 0 radical (unpaired) electrons. The first kappa shape index (κ1) is 16.9. The number of hydrogen-bond donors (Lipinski definition) is 3. The highest BCUT2D eigenvalue weighted by Gasteiger charge is 2.52. The molecule has 122 valence electrons. The molecule has 6 atom stereocenters. The van der Waals surface area contributed by atoms with Crippen LogP contribution in [0, 0.1) is 0 Å². The summed E-state index contributed by atoms with van der Waals surface area (Å²) in [6.45, 7) is 1.44. The molecule has 0 amide bonds. The Hall–Kier alpha value is -1.42. The number of hydrogen-bond acceptors (Lipinski definition) is 8. The van der Waals surface area contributed by atoms with Crippen LogP contribution in [0.2, 0.25) is 0 Å². The fourth-order valence-electron chi connectivity index (χ4n) is 2.37. The van der Waals surface area contributed by atoms with Gasteiger partial charge in [-0.05, 0) is 13.0 Å². The Labute approximate surface area is 126 Å². The summed E-state index contributed by atoms with van der Waals surface area (Å²) in [5.41, 5.74) is 4.75. The smallest absolute Gasteiger partial charge is 0.391 e. The molecule has 0 saturated carbocycles. The van der Waals surface area contributed by atoms with Crippen LogP contribution in [0.15, 0.2) is 17.1 Å². The van der Waals surface area contributed by atoms with E-state index in [1.54, 1.807) is 0 Å². The lowest BCUT2D eigenvalue weighted by Gasteiger charge is -2.19. The number of ether oxygens (including phenoxy) is 2. The maximum absolute atomic E-state index is 11.9. The number of methoxy groups -OCH3 is 1. The van der Waals surface area contributed by atoms with Crippen molar-refractivity contribution in [2.45, 2.75) is 37.6 Å². The molecule has 1 saturated heterocycles. The van der Waals surface area contributed by atoms with Gasteiger partial charge < -0.3 is 20.3 Å². The first-order valence-corrected chi connectivity index (χ1v) is 7.52. The number of nitrogens with zero attached hydrogens (tertiary/aromatic N) is 2. The summed E-state index contributed by atoms with van der Waals surface area (Å²) in [7, 11) is -1.60. The minimum absolute atomic E-state index is 0.0477. The summed E-state index contributed by atoms with van der Waals surface area (Å²) in [5.74, 6) is 0.0477. The van der Waals surface area contributed by atoms with Crippen molar-refractivity contribution in [3.05, 3.63) is 22.7 Å². The summed E-state index contributed by atoms with van der Waals surface area (Å²) in [4.78, 5) is 24.5. The second-order valence-electron chi connectivity index (χ2n) is 4.78. The molecule has 1 fully saturated rings. The molecule has 4 N–H and O–H groups in total. The minimum Gasteiger partial charge on any atom is -0.391 e. The Kier molecular flexibility index (Phi) is 5.22. The zero-order valence-electron chi connectivity index (χ0n) is 11.9. The number of nitrogens with two attached hydrogens (primary N) is 1. The quantitative estimate of drug-likeness (QED) is 0.586. The van der Waals surface area contributed by atoms with Gasteiger partial charge in [0.25, 0.3) is 0 Å². The van der Waals surface area contributed by atoms with Crippen molar-refractivity contribution in [3.8, 4) is 0 Å². The SMILES string of the molecule is CO[C@H]1C(O[P+](=O)O)[C@@H]([C@H](C)O)O[C@H]1n1ccc(N)nc1=O. The first-order valence-electron chi connectivity index (χ1n) is 6.39. The lowest BCUT2D eigenvalue weighted by Crippen LogP contribution is -2.40. The maximum atomic E-state index is 11.9. The van der Waals surface area contributed by atoms with Crippen molar-refractivity contribution in [1.29, 1.82) is 0 Å². The van der Waals surface area contributed by atoms with Crippen LogP contribution in [0.1, 0.15) is 13.2 Å². The van der Waals surface area contributed by atoms with Gasteiger partial charge in [-0.15, -0.1) is 9.42 Å². The highest BCUT2D eigenvalue weighted by molar-refractivity contribution is 7.32. The van der Waals surface area contributed by atoms with Gasteiger partial charge in [-0.2, -0.15) is 4.98 Å². The molecule has 1 aromatic rings. The van der Waals surface area contributed by atoms with Crippen molar-refractivity contribution in [3.63, 3.8) is 0 Å². The topological polar surface area (TPSA) is 146 Å². The van der Waals surface area contributed by atoms with E-state index < -0.39 is 44.6 Å². The van der Waals surface area contributed by atoms with E-state index in [0.717, 1.165) is 4.57 Å². The van der Waals surface area contributed by atoms with Gasteiger partial charge in [-0.1, -0.05) is 0 Å². The van der Waals surface area contributed by atoms with E-state index >= 15 is 0 Å². The van der Waals surface area contributed by atoms with E-state index in [-0.39, 0.29) is 5.82 Å². The Balaban J connectivity index is 2.39. The number of aliphatic hydroxyl groups is 1. The van der Waals surface area contributed by atoms with Crippen molar-refractivity contribution in [1.82, 2.24) is 9.55 Å². The van der Waals surface area contributed by atoms with Crippen LogP contribution < -0.4 is 11.4 Å². The Morgan fingerprint density at radius 1 is 1.55 bits per heavy atom. The summed E-state index contributed by atoms with van der Waals surface area (Å²) in [6, 6.07) is 1.40. The van der Waals surface area contributed by atoms with Crippen molar-refractivity contribution >= 4 is 14.1 Å². The summed E-state index contributed by atoms with van der Waals surface area (Å²) in [5, 5.41) is 9.77. The molecule has 0 aromatic carbocycles. The van der Waals surface area contributed by atoms with Crippen LogP contribution >= 0.6 is 8.25 Å². The van der Waals surface area contributed by atoms with Gasteiger partial charge in [0.2, 0.25) is 0 Å². The fourth-order valence-corrected chi connectivity index (χ4v) is 2.82. The number of aliphatic hydroxyl groups excluding tert-OH is 1. The largest absolute Gasteiger partial charge is 0.695 e. The standard InChI is InChI=1S/C11H16N3O7P/c1-5(15)7-8(21-22(17)18)9(19-2)10(20-7)14-4-3-6(12)13-11(14)16/h3-5,7-10,15H,1-2H3,(H2-,12,13,16,17,18)/p+1/t5-,7+,8?,9-,10+/m0/s1. The lowest BCUT2D eigenvalue weighted by atomic mass is 10.1. The molecule has 0 spiro atoms. The maximum Gasteiger partial charge on any atom is 0.695 e. The zero-order chi connectivity index (χ0) is 16.4. The normalized spacial score (nSPS) is 30.3. The van der Waals surface area contributed by atoms with E-state index in [1.807, 2.05) is 0 Å². The van der Waals surface area contributed by atoms with Gasteiger partial charge in [0, 0.05) is 17.9 Å². The average molecular weight is 334 g/mol. The molecule has 0 aliphatic carbocycles. The van der Waals surface area contributed by atoms with Crippen molar-refractivity contribution in [2.24, 2.45) is 0 Å². The summed E-state index contributed by atoms with van der Waals surface area (Å²) >= 11 is 0. The molecule has 2 unspecified atom stereocenters. The fraction of sp³-hybridized carbons (Fsp3) is 0.636. The molecule has 2 heterocycles. The van der Waals surface area contributed by atoms with Gasteiger partial charge in [0.15, 0.2) is 12.3 Å². The van der Waals surface area contributed by atoms with Crippen LogP contribution in [0.5, 0.6) is 0 Å². The van der Waals surface area contributed by atoms with Crippen molar-refractivity contribution < 1.29 is 28.6 Å².